The van der Waals surface area contributed by atoms with Gasteiger partial charge >= 0.3 is 0 Å². The van der Waals surface area contributed by atoms with Crippen LogP contribution in [0.1, 0.15) is 16.7 Å². The zero-order chi connectivity index (χ0) is 16.6. The smallest absolute Gasteiger partial charge is 0.252 e. The Morgan fingerprint density at radius 1 is 0.917 bits per heavy atom. The second-order valence-electron chi connectivity index (χ2n) is 5.38. The summed E-state index contributed by atoms with van der Waals surface area (Å²) in [7, 11) is 0. The molecule has 1 heterocycles. The van der Waals surface area contributed by atoms with Gasteiger partial charge in [0, 0.05) is 24.5 Å². The molecule has 24 heavy (non-hydrogen) atoms. The molecule has 118 valence electrons. The molecule has 0 fully saturated rings. The minimum Gasteiger partial charge on any atom is -0.348 e. The first-order valence-electron chi connectivity index (χ1n) is 7.82. The van der Waals surface area contributed by atoms with E-state index in [2.05, 4.69) is 10.3 Å². The molecule has 3 heteroatoms. The van der Waals surface area contributed by atoms with E-state index >= 15 is 0 Å². The lowest BCUT2D eigenvalue weighted by molar-refractivity contribution is -0.115. The Morgan fingerprint density at radius 3 is 2.29 bits per heavy atom. The van der Waals surface area contributed by atoms with E-state index < -0.39 is 0 Å². The zero-order valence-corrected chi connectivity index (χ0v) is 13.2. The van der Waals surface area contributed by atoms with E-state index in [4.69, 9.17) is 0 Å². The number of aromatic nitrogens is 1. The molecule has 3 rings (SSSR count). The first-order chi connectivity index (χ1) is 11.8. The van der Waals surface area contributed by atoms with Crippen molar-refractivity contribution in [2.75, 3.05) is 0 Å². The lowest BCUT2D eigenvalue weighted by Crippen LogP contribution is -2.23. The molecular formula is C21H18N2O. The van der Waals surface area contributed by atoms with Crippen molar-refractivity contribution in [2.45, 2.75) is 6.54 Å². The van der Waals surface area contributed by atoms with Crippen LogP contribution in [-0.2, 0) is 11.3 Å². The fraction of sp³-hybridized carbons (Fsp3) is 0.0476. The summed E-state index contributed by atoms with van der Waals surface area (Å²) in [6, 6.07) is 23.3. The van der Waals surface area contributed by atoms with Crippen LogP contribution in [0.3, 0.4) is 0 Å². The number of benzene rings is 2. The van der Waals surface area contributed by atoms with Gasteiger partial charge in [-0.05, 0) is 28.8 Å². The highest BCUT2D eigenvalue weighted by Gasteiger charge is 2.11. The molecule has 0 radical (unpaired) electrons. The third kappa shape index (κ3) is 4.17. The van der Waals surface area contributed by atoms with Crippen LogP contribution in [0.2, 0.25) is 0 Å². The van der Waals surface area contributed by atoms with E-state index in [1.807, 2.05) is 78.9 Å². The number of pyridine rings is 1. The van der Waals surface area contributed by atoms with Crippen molar-refractivity contribution < 1.29 is 4.79 Å². The third-order valence-corrected chi connectivity index (χ3v) is 3.62. The summed E-state index contributed by atoms with van der Waals surface area (Å²) in [5.41, 5.74) is 3.50. The molecule has 0 aliphatic rings. The summed E-state index contributed by atoms with van der Waals surface area (Å²) >= 11 is 0. The van der Waals surface area contributed by atoms with Gasteiger partial charge in [-0.15, -0.1) is 0 Å². The molecule has 0 unspecified atom stereocenters. The number of carbonyl (C=O) groups excluding carboxylic acids is 1. The standard InChI is InChI=1S/C21H18N2O/c24-21(23-16-18-10-7-13-22-15-18)20(19-11-5-2-6-12-19)14-17-8-3-1-4-9-17/h1-15H,16H2,(H,23,24)/b20-14-. The summed E-state index contributed by atoms with van der Waals surface area (Å²) in [5.74, 6) is -0.103. The highest BCUT2D eigenvalue weighted by atomic mass is 16.1. The van der Waals surface area contributed by atoms with E-state index in [9.17, 15) is 4.79 Å². The lowest BCUT2D eigenvalue weighted by atomic mass is 10.0. The van der Waals surface area contributed by atoms with Gasteiger partial charge in [-0.2, -0.15) is 0 Å². The number of nitrogens with one attached hydrogen (secondary N) is 1. The van der Waals surface area contributed by atoms with Crippen LogP contribution in [-0.4, -0.2) is 10.9 Å². The summed E-state index contributed by atoms with van der Waals surface area (Å²) in [4.78, 5) is 16.8. The van der Waals surface area contributed by atoms with Gasteiger partial charge in [0.25, 0.3) is 5.91 Å². The molecule has 1 amide bonds. The van der Waals surface area contributed by atoms with Crippen molar-refractivity contribution in [3.05, 3.63) is 102 Å². The zero-order valence-electron chi connectivity index (χ0n) is 13.2. The Kier molecular flexibility index (Phi) is 5.15. The van der Waals surface area contributed by atoms with Gasteiger partial charge in [-0.1, -0.05) is 66.7 Å². The average Bonchev–Trinajstić information content (AvgIpc) is 2.66. The van der Waals surface area contributed by atoms with E-state index in [-0.39, 0.29) is 5.91 Å². The molecule has 0 aliphatic carbocycles. The van der Waals surface area contributed by atoms with Crippen molar-refractivity contribution in [1.29, 1.82) is 0 Å². The molecule has 0 bridgehead atoms. The average molecular weight is 314 g/mol. The largest absolute Gasteiger partial charge is 0.348 e. The van der Waals surface area contributed by atoms with E-state index in [0.29, 0.717) is 12.1 Å². The Morgan fingerprint density at radius 2 is 1.62 bits per heavy atom. The number of carbonyl (C=O) groups is 1. The van der Waals surface area contributed by atoms with Gasteiger partial charge in [-0.25, -0.2) is 0 Å². The fourth-order valence-electron chi connectivity index (χ4n) is 2.39. The fourth-order valence-corrected chi connectivity index (χ4v) is 2.39. The number of hydrogen-bond donors (Lipinski definition) is 1. The highest BCUT2D eigenvalue weighted by molar-refractivity contribution is 6.24. The number of nitrogens with zero attached hydrogens (tertiary/aromatic N) is 1. The molecule has 3 aromatic rings. The van der Waals surface area contributed by atoms with Gasteiger partial charge < -0.3 is 5.32 Å². The molecule has 1 aromatic heterocycles. The Balaban J connectivity index is 1.84. The van der Waals surface area contributed by atoms with Crippen LogP contribution in [0.5, 0.6) is 0 Å². The minimum absolute atomic E-state index is 0.103. The second-order valence-corrected chi connectivity index (χ2v) is 5.38. The van der Waals surface area contributed by atoms with Crippen LogP contribution in [0.25, 0.3) is 11.6 Å². The first-order valence-corrected chi connectivity index (χ1v) is 7.82. The van der Waals surface area contributed by atoms with Crippen LogP contribution in [0.4, 0.5) is 0 Å². The number of amides is 1. The molecule has 2 aromatic carbocycles. The maximum absolute atomic E-state index is 12.7. The summed E-state index contributed by atoms with van der Waals surface area (Å²) in [6.07, 6.45) is 5.38. The maximum atomic E-state index is 12.7. The van der Waals surface area contributed by atoms with Crippen LogP contribution >= 0.6 is 0 Å². The molecular weight excluding hydrogens is 296 g/mol. The van der Waals surface area contributed by atoms with Crippen LogP contribution < -0.4 is 5.32 Å². The van der Waals surface area contributed by atoms with Crippen molar-refractivity contribution >= 4 is 17.6 Å². The molecule has 0 aliphatic heterocycles. The molecule has 1 N–H and O–H groups in total. The van der Waals surface area contributed by atoms with Crippen molar-refractivity contribution in [3.63, 3.8) is 0 Å². The minimum atomic E-state index is -0.103. The maximum Gasteiger partial charge on any atom is 0.252 e. The molecule has 3 nitrogen and oxygen atoms in total. The van der Waals surface area contributed by atoms with Gasteiger partial charge in [0.05, 0.1) is 0 Å². The predicted octanol–water partition coefficient (Wildman–Crippen LogP) is 3.94. The quantitative estimate of drug-likeness (QED) is 0.572. The van der Waals surface area contributed by atoms with Crippen LogP contribution in [0.15, 0.2) is 85.2 Å². The molecule has 0 saturated heterocycles. The summed E-state index contributed by atoms with van der Waals surface area (Å²) in [5, 5.41) is 2.97. The van der Waals surface area contributed by atoms with Gasteiger partial charge in [0.2, 0.25) is 0 Å². The SMILES string of the molecule is O=C(NCc1cccnc1)/C(=C\c1ccccc1)c1ccccc1. The number of rotatable bonds is 5. The lowest BCUT2D eigenvalue weighted by Gasteiger charge is -2.10. The van der Waals surface area contributed by atoms with E-state index in [1.165, 1.54) is 0 Å². The van der Waals surface area contributed by atoms with Crippen molar-refractivity contribution in [1.82, 2.24) is 10.3 Å². The molecule has 0 atom stereocenters. The van der Waals surface area contributed by atoms with E-state index in [1.54, 1.807) is 12.4 Å². The monoisotopic (exact) mass is 314 g/mol. The van der Waals surface area contributed by atoms with Gasteiger partial charge in [0.1, 0.15) is 0 Å². The summed E-state index contributed by atoms with van der Waals surface area (Å²) < 4.78 is 0. The Hall–Kier alpha value is -3.20. The second kappa shape index (κ2) is 7.88. The normalized spacial score (nSPS) is 11.1. The molecule has 0 saturated carbocycles. The number of hydrogen-bond acceptors (Lipinski definition) is 2. The van der Waals surface area contributed by atoms with Crippen molar-refractivity contribution in [3.8, 4) is 0 Å². The van der Waals surface area contributed by atoms with Crippen molar-refractivity contribution in [2.24, 2.45) is 0 Å². The van der Waals surface area contributed by atoms with Gasteiger partial charge in [0.15, 0.2) is 0 Å². The third-order valence-electron chi connectivity index (χ3n) is 3.62. The van der Waals surface area contributed by atoms with Crippen LogP contribution in [0, 0.1) is 0 Å². The predicted molar refractivity (Wildman–Crippen MR) is 96.8 cm³/mol. The Bertz CT molecular complexity index is 812. The summed E-state index contributed by atoms with van der Waals surface area (Å²) in [6.45, 7) is 0.450. The Labute approximate surface area is 141 Å². The first kappa shape index (κ1) is 15.7. The molecule has 0 spiro atoms. The highest BCUT2D eigenvalue weighted by Crippen LogP contribution is 2.18. The topological polar surface area (TPSA) is 42.0 Å². The van der Waals surface area contributed by atoms with E-state index in [0.717, 1.165) is 16.7 Å². The van der Waals surface area contributed by atoms with Gasteiger partial charge in [-0.3, -0.25) is 9.78 Å².